The Kier molecular flexibility index (Phi) is 7.68. The molecule has 6 nitrogen and oxygen atoms in total. The molecule has 0 bridgehead atoms. The molecule has 27 heavy (non-hydrogen) atoms. The first-order chi connectivity index (χ1) is 12.2. The molecule has 1 amide bonds. The minimum atomic E-state index is -0.00901. The zero-order chi connectivity index (χ0) is 17.2. The number of hydrogen-bond acceptors (Lipinski definition) is 4. The van der Waals surface area contributed by atoms with Crippen LogP contribution in [0.25, 0.3) is 0 Å². The van der Waals surface area contributed by atoms with Gasteiger partial charge in [0.15, 0.2) is 5.69 Å². The van der Waals surface area contributed by atoms with Gasteiger partial charge in [0.2, 0.25) is 0 Å². The summed E-state index contributed by atoms with van der Waals surface area (Å²) in [6, 6.07) is 10.4. The first kappa shape index (κ1) is 21.7. The van der Waals surface area contributed by atoms with Crippen molar-refractivity contribution < 1.29 is 4.79 Å². The Morgan fingerprint density at radius 2 is 2.00 bits per heavy atom. The van der Waals surface area contributed by atoms with Crippen LogP contribution in [0.15, 0.2) is 36.5 Å². The number of hydrogen-bond donors (Lipinski definition) is 1. The van der Waals surface area contributed by atoms with E-state index in [1.54, 1.807) is 0 Å². The molecule has 148 valence electrons. The maximum absolute atomic E-state index is 13.1. The maximum atomic E-state index is 13.1. The number of nitrogens with zero attached hydrogens (tertiary/aromatic N) is 4. The first-order valence-corrected chi connectivity index (χ1v) is 9.06. The van der Waals surface area contributed by atoms with Crippen LogP contribution >= 0.6 is 24.8 Å². The number of likely N-dealkylation sites (N-methyl/N-ethyl adjacent to an activating group) is 1. The monoisotopic (exact) mass is 411 g/mol. The summed E-state index contributed by atoms with van der Waals surface area (Å²) in [6.07, 6.45) is 4.21. The van der Waals surface area contributed by atoms with Crippen LogP contribution in [0.2, 0.25) is 0 Å². The fourth-order valence-corrected chi connectivity index (χ4v) is 3.73. The van der Waals surface area contributed by atoms with Gasteiger partial charge in [0, 0.05) is 38.1 Å². The molecule has 1 unspecified atom stereocenters. The fraction of sp³-hybridized carbons (Fsp3) is 0.474. The van der Waals surface area contributed by atoms with Crippen molar-refractivity contribution in [3.63, 3.8) is 0 Å². The molecule has 1 aromatic heterocycles. The largest absolute Gasteiger partial charge is 0.315 e. The number of para-hydroxylation sites is 1. The van der Waals surface area contributed by atoms with Gasteiger partial charge < -0.3 is 15.1 Å². The molecule has 1 aromatic carbocycles. The molecular weight excluding hydrogens is 385 g/mol. The first-order valence-electron chi connectivity index (χ1n) is 9.06. The standard InChI is InChI=1S/C19H25N5O.2ClH/c1-22-11-12-23(18-7-3-2-5-15(18)14-22)19(25)17-8-10-24(21-17)16-6-4-9-20-13-16;;/h2-3,5,7-8,10,16,20H,4,6,9,11-14H2,1H3;2*1H. The van der Waals surface area contributed by atoms with Crippen LogP contribution in [0.3, 0.4) is 0 Å². The van der Waals surface area contributed by atoms with Gasteiger partial charge in [-0.25, -0.2) is 0 Å². The lowest BCUT2D eigenvalue weighted by atomic mass is 10.1. The Balaban J connectivity index is 0.00000131. The molecule has 1 atom stereocenters. The molecule has 1 N–H and O–H groups in total. The Bertz CT molecular complexity index is 760. The Hall–Kier alpha value is -1.60. The van der Waals surface area contributed by atoms with E-state index in [9.17, 15) is 4.79 Å². The van der Waals surface area contributed by atoms with Crippen molar-refractivity contribution in [3.8, 4) is 0 Å². The summed E-state index contributed by atoms with van der Waals surface area (Å²) in [4.78, 5) is 17.3. The number of carbonyl (C=O) groups is 1. The fourth-order valence-electron chi connectivity index (χ4n) is 3.73. The molecule has 8 heteroatoms. The SMILES string of the molecule is CN1CCN(C(=O)c2ccn(C3CCCNC3)n2)c2ccccc2C1.Cl.Cl. The molecule has 0 spiro atoms. The van der Waals surface area contributed by atoms with Gasteiger partial charge >= 0.3 is 0 Å². The third-order valence-corrected chi connectivity index (χ3v) is 5.15. The third-order valence-electron chi connectivity index (χ3n) is 5.15. The van der Waals surface area contributed by atoms with Gasteiger partial charge in [0.1, 0.15) is 0 Å². The van der Waals surface area contributed by atoms with Crippen molar-refractivity contribution in [2.45, 2.75) is 25.4 Å². The Morgan fingerprint density at radius 3 is 2.78 bits per heavy atom. The van der Waals surface area contributed by atoms with Crippen molar-refractivity contribution in [1.82, 2.24) is 20.0 Å². The second-order valence-corrected chi connectivity index (χ2v) is 7.00. The Labute approximate surface area is 172 Å². The summed E-state index contributed by atoms with van der Waals surface area (Å²) in [5.41, 5.74) is 2.72. The van der Waals surface area contributed by atoms with Gasteiger partial charge in [-0.05, 0) is 44.1 Å². The highest BCUT2D eigenvalue weighted by Gasteiger charge is 2.26. The van der Waals surface area contributed by atoms with E-state index in [4.69, 9.17) is 0 Å². The summed E-state index contributed by atoms with van der Waals surface area (Å²) < 4.78 is 1.95. The van der Waals surface area contributed by atoms with E-state index in [-0.39, 0.29) is 30.7 Å². The summed E-state index contributed by atoms with van der Waals surface area (Å²) in [5, 5.41) is 8.00. The van der Waals surface area contributed by atoms with Crippen LogP contribution in [-0.2, 0) is 6.54 Å². The van der Waals surface area contributed by atoms with Gasteiger partial charge in [-0.15, -0.1) is 24.8 Å². The summed E-state index contributed by atoms with van der Waals surface area (Å²) in [6.45, 7) is 4.40. The van der Waals surface area contributed by atoms with Gasteiger partial charge in [-0.1, -0.05) is 18.2 Å². The number of amides is 1. The van der Waals surface area contributed by atoms with Crippen LogP contribution in [0.1, 0.15) is 34.9 Å². The topological polar surface area (TPSA) is 53.4 Å². The third kappa shape index (κ3) is 4.63. The van der Waals surface area contributed by atoms with Gasteiger partial charge in [-0.2, -0.15) is 5.10 Å². The summed E-state index contributed by atoms with van der Waals surface area (Å²) in [7, 11) is 2.09. The van der Waals surface area contributed by atoms with Gasteiger partial charge in [0.05, 0.1) is 6.04 Å². The average molecular weight is 412 g/mol. The van der Waals surface area contributed by atoms with Crippen molar-refractivity contribution in [3.05, 3.63) is 47.8 Å². The van der Waals surface area contributed by atoms with E-state index < -0.39 is 0 Å². The molecule has 3 heterocycles. The molecule has 2 aliphatic heterocycles. The van der Waals surface area contributed by atoms with E-state index in [1.165, 1.54) is 5.56 Å². The minimum Gasteiger partial charge on any atom is -0.315 e. The molecule has 1 fully saturated rings. The maximum Gasteiger partial charge on any atom is 0.278 e. The second kappa shape index (κ2) is 9.55. The number of carbonyl (C=O) groups excluding carboxylic acids is 1. The molecule has 2 aliphatic rings. The van der Waals surface area contributed by atoms with Crippen LogP contribution in [-0.4, -0.2) is 53.8 Å². The van der Waals surface area contributed by atoms with Crippen LogP contribution < -0.4 is 10.2 Å². The minimum absolute atomic E-state index is 0. The van der Waals surface area contributed by atoms with Crippen molar-refractivity contribution in [2.75, 3.05) is 38.1 Å². The lowest BCUT2D eigenvalue weighted by molar-refractivity contribution is 0.0979. The quantitative estimate of drug-likeness (QED) is 0.824. The number of halogens is 2. The van der Waals surface area contributed by atoms with E-state index in [2.05, 4.69) is 28.4 Å². The highest BCUT2D eigenvalue weighted by Crippen LogP contribution is 2.26. The average Bonchev–Trinajstić information content (AvgIpc) is 3.07. The van der Waals surface area contributed by atoms with Crippen LogP contribution in [0.4, 0.5) is 5.69 Å². The summed E-state index contributed by atoms with van der Waals surface area (Å²) >= 11 is 0. The molecule has 0 saturated carbocycles. The normalized spacial score (nSPS) is 20.0. The number of piperidine rings is 1. The lowest BCUT2D eigenvalue weighted by Crippen LogP contribution is -2.36. The van der Waals surface area contributed by atoms with Gasteiger partial charge in [0.25, 0.3) is 5.91 Å². The zero-order valence-corrected chi connectivity index (χ0v) is 17.1. The number of benzene rings is 1. The zero-order valence-electron chi connectivity index (χ0n) is 15.5. The number of aromatic nitrogens is 2. The number of anilines is 1. The van der Waals surface area contributed by atoms with Crippen molar-refractivity contribution in [2.24, 2.45) is 0 Å². The Morgan fingerprint density at radius 1 is 1.19 bits per heavy atom. The highest BCUT2D eigenvalue weighted by atomic mass is 35.5. The van der Waals surface area contributed by atoms with Crippen LogP contribution in [0, 0.1) is 0 Å². The van der Waals surface area contributed by atoms with Gasteiger partial charge in [-0.3, -0.25) is 9.48 Å². The van der Waals surface area contributed by atoms with E-state index in [1.807, 2.05) is 40.0 Å². The highest BCUT2D eigenvalue weighted by molar-refractivity contribution is 6.05. The lowest BCUT2D eigenvalue weighted by Gasteiger charge is -2.23. The molecule has 0 radical (unpaired) electrons. The van der Waals surface area contributed by atoms with E-state index in [0.29, 0.717) is 18.3 Å². The van der Waals surface area contributed by atoms with E-state index in [0.717, 1.165) is 44.7 Å². The number of rotatable bonds is 2. The predicted molar refractivity (Wildman–Crippen MR) is 112 cm³/mol. The summed E-state index contributed by atoms with van der Waals surface area (Å²) in [5.74, 6) is -0.00901. The molecule has 1 saturated heterocycles. The number of nitrogens with one attached hydrogen (secondary N) is 1. The van der Waals surface area contributed by atoms with E-state index >= 15 is 0 Å². The predicted octanol–water partition coefficient (Wildman–Crippen LogP) is 2.74. The molecule has 2 aromatic rings. The van der Waals surface area contributed by atoms with Crippen LogP contribution in [0.5, 0.6) is 0 Å². The second-order valence-electron chi connectivity index (χ2n) is 7.00. The van der Waals surface area contributed by atoms with Crippen molar-refractivity contribution >= 4 is 36.4 Å². The smallest absolute Gasteiger partial charge is 0.278 e. The number of fused-ring (bicyclic) bond motifs is 1. The molecule has 0 aliphatic carbocycles. The van der Waals surface area contributed by atoms with Crippen molar-refractivity contribution in [1.29, 1.82) is 0 Å². The molecular formula is C19H27Cl2N5O. The molecule has 4 rings (SSSR count).